The molecule has 2 fully saturated rings. The highest BCUT2D eigenvalue weighted by molar-refractivity contribution is 5.03. The molecule has 2 aliphatic rings. The second kappa shape index (κ2) is 3.85. The average molecular weight is 238 g/mol. The molecule has 1 heterocycles. The number of β-amino-alcohol motifs (C(OH)–C–C–N with tert-alkyl or cyclic N) is 1. The Morgan fingerprint density at radius 1 is 1.12 bits per heavy atom. The predicted molar refractivity (Wildman–Crippen MR) is 52.8 cm³/mol. The molecule has 0 aromatic rings. The number of hydrogen-bond donors (Lipinski definition) is 2. The number of hydrogen-bond acceptors (Lipinski definition) is 3. The second-order valence-electron chi connectivity index (χ2n) is 5.00. The fraction of sp³-hybridized carbons (Fsp3) is 1.00. The molecule has 2 rings (SSSR count). The Labute approximate surface area is 92.4 Å². The zero-order valence-electron chi connectivity index (χ0n) is 9.00. The van der Waals surface area contributed by atoms with E-state index in [1.807, 2.05) is 0 Å². The Balaban J connectivity index is 1.84. The van der Waals surface area contributed by atoms with Crippen molar-refractivity contribution in [1.82, 2.24) is 4.90 Å². The summed E-state index contributed by atoms with van der Waals surface area (Å²) in [4.78, 5) is 1.72. The maximum atomic E-state index is 12.4. The van der Waals surface area contributed by atoms with Crippen molar-refractivity contribution in [2.45, 2.75) is 49.5 Å². The lowest BCUT2D eigenvalue weighted by Gasteiger charge is -2.51. The van der Waals surface area contributed by atoms with Crippen LogP contribution in [-0.2, 0) is 0 Å². The lowest BCUT2D eigenvalue weighted by molar-refractivity contribution is -0.306. The summed E-state index contributed by atoms with van der Waals surface area (Å²) in [5, 5.41) is 9.31. The van der Waals surface area contributed by atoms with Gasteiger partial charge in [-0.15, -0.1) is 0 Å². The van der Waals surface area contributed by atoms with E-state index in [1.165, 1.54) is 0 Å². The predicted octanol–water partition coefficient (Wildman–Crippen LogP) is 0.865. The highest BCUT2D eigenvalue weighted by Gasteiger charge is 2.61. The van der Waals surface area contributed by atoms with Gasteiger partial charge in [-0.25, -0.2) is 0 Å². The number of rotatable bonds is 1. The van der Waals surface area contributed by atoms with Crippen molar-refractivity contribution in [3.8, 4) is 0 Å². The summed E-state index contributed by atoms with van der Waals surface area (Å²) < 4.78 is 37.2. The van der Waals surface area contributed by atoms with Gasteiger partial charge in [0.25, 0.3) is 0 Å². The maximum absolute atomic E-state index is 12.4. The van der Waals surface area contributed by atoms with Crippen LogP contribution in [0.4, 0.5) is 13.2 Å². The average Bonchev–Trinajstić information content (AvgIpc) is 2.13. The molecule has 0 amide bonds. The lowest BCUT2D eigenvalue weighted by atomic mass is 9.85. The number of halogens is 3. The van der Waals surface area contributed by atoms with E-state index in [4.69, 9.17) is 5.73 Å². The fourth-order valence-corrected chi connectivity index (χ4v) is 2.53. The fourth-order valence-electron chi connectivity index (χ4n) is 2.53. The zero-order chi connectivity index (χ0) is 12.0. The molecular formula is C10H17F3N2O. The topological polar surface area (TPSA) is 49.5 Å². The molecule has 1 aliphatic carbocycles. The summed E-state index contributed by atoms with van der Waals surface area (Å²) in [7, 11) is 0. The van der Waals surface area contributed by atoms with Crippen LogP contribution in [0.2, 0.25) is 0 Å². The van der Waals surface area contributed by atoms with Crippen molar-refractivity contribution >= 4 is 0 Å². The highest BCUT2D eigenvalue weighted by Crippen LogP contribution is 2.40. The first kappa shape index (κ1) is 12.1. The van der Waals surface area contributed by atoms with Gasteiger partial charge in [-0.1, -0.05) is 0 Å². The Morgan fingerprint density at radius 2 is 1.62 bits per heavy atom. The first-order chi connectivity index (χ1) is 7.32. The van der Waals surface area contributed by atoms with E-state index < -0.39 is 11.8 Å². The molecule has 3 nitrogen and oxygen atoms in total. The normalized spacial score (nSPS) is 35.8. The summed E-state index contributed by atoms with van der Waals surface area (Å²) in [5.74, 6) is 0. The van der Waals surface area contributed by atoms with E-state index in [-0.39, 0.29) is 25.2 Å². The molecule has 0 unspecified atom stereocenters. The Hall–Kier alpha value is -0.330. The van der Waals surface area contributed by atoms with E-state index in [0.29, 0.717) is 0 Å². The minimum absolute atomic E-state index is 0.169. The molecule has 0 bridgehead atoms. The molecule has 1 saturated heterocycles. The number of likely N-dealkylation sites (tertiary alicyclic amines) is 1. The highest BCUT2D eigenvalue weighted by atomic mass is 19.4. The maximum Gasteiger partial charge on any atom is 0.419 e. The van der Waals surface area contributed by atoms with Crippen molar-refractivity contribution in [2.24, 2.45) is 5.73 Å². The molecule has 0 aromatic carbocycles. The second-order valence-corrected chi connectivity index (χ2v) is 5.00. The summed E-state index contributed by atoms with van der Waals surface area (Å²) in [6.07, 6.45) is -1.09. The number of nitrogens with zero attached hydrogens (tertiary/aromatic N) is 1. The summed E-state index contributed by atoms with van der Waals surface area (Å²) in [5.41, 5.74) is 3.25. The van der Waals surface area contributed by atoms with Gasteiger partial charge in [0.1, 0.15) is 0 Å². The first-order valence-electron chi connectivity index (χ1n) is 5.60. The molecule has 0 radical (unpaired) electrons. The van der Waals surface area contributed by atoms with Crippen LogP contribution in [0.3, 0.4) is 0 Å². The lowest BCUT2D eigenvalue weighted by Crippen LogP contribution is -2.71. The molecule has 6 heteroatoms. The van der Waals surface area contributed by atoms with E-state index in [9.17, 15) is 18.3 Å². The van der Waals surface area contributed by atoms with Crippen LogP contribution in [0.15, 0.2) is 0 Å². The SMILES string of the molecule is NC1CCC(N2CC(O)(C(F)(F)F)C2)CC1. The van der Waals surface area contributed by atoms with Gasteiger partial charge in [0.05, 0.1) is 0 Å². The van der Waals surface area contributed by atoms with E-state index in [1.54, 1.807) is 4.90 Å². The Kier molecular flexibility index (Phi) is 2.92. The van der Waals surface area contributed by atoms with Gasteiger partial charge in [0.2, 0.25) is 0 Å². The number of alkyl halides is 3. The number of nitrogens with two attached hydrogens (primary N) is 1. The van der Waals surface area contributed by atoms with Crippen LogP contribution in [0.5, 0.6) is 0 Å². The third-order valence-electron chi connectivity index (χ3n) is 3.71. The molecule has 1 saturated carbocycles. The van der Waals surface area contributed by atoms with Gasteiger partial charge in [0.15, 0.2) is 5.60 Å². The van der Waals surface area contributed by atoms with E-state index in [2.05, 4.69) is 0 Å². The monoisotopic (exact) mass is 238 g/mol. The summed E-state index contributed by atoms with van der Waals surface area (Å²) >= 11 is 0. The van der Waals surface area contributed by atoms with Gasteiger partial charge in [-0.05, 0) is 25.7 Å². The van der Waals surface area contributed by atoms with Crippen molar-refractivity contribution in [2.75, 3.05) is 13.1 Å². The van der Waals surface area contributed by atoms with E-state index >= 15 is 0 Å². The minimum atomic E-state index is -4.51. The molecule has 16 heavy (non-hydrogen) atoms. The third kappa shape index (κ3) is 2.06. The van der Waals surface area contributed by atoms with Gasteiger partial charge in [-0.2, -0.15) is 13.2 Å². The molecular weight excluding hydrogens is 221 g/mol. The first-order valence-corrected chi connectivity index (χ1v) is 5.60. The summed E-state index contributed by atoms with van der Waals surface area (Å²) in [6.45, 7) is -0.563. The zero-order valence-corrected chi connectivity index (χ0v) is 9.00. The molecule has 0 aromatic heterocycles. The van der Waals surface area contributed by atoms with Crippen molar-refractivity contribution in [3.05, 3.63) is 0 Å². The van der Waals surface area contributed by atoms with Crippen LogP contribution >= 0.6 is 0 Å². The quantitative estimate of drug-likeness (QED) is 0.712. The van der Waals surface area contributed by atoms with Gasteiger partial charge < -0.3 is 10.8 Å². The van der Waals surface area contributed by atoms with Crippen LogP contribution in [0, 0.1) is 0 Å². The van der Waals surface area contributed by atoms with Crippen LogP contribution < -0.4 is 5.73 Å². The summed E-state index contributed by atoms with van der Waals surface area (Å²) in [6, 6.07) is 0.362. The Morgan fingerprint density at radius 3 is 2.06 bits per heavy atom. The standard InChI is InChI=1S/C10H17F3N2O/c11-10(12,13)9(16)5-15(6-9)8-3-1-7(14)2-4-8/h7-8,16H,1-6,14H2. The van der Waals surface area contributed by atoms with Crippen LogP contribution in [0.1, 0.15) is 25.7 Å². The van der Waals surface area contributed by atoms with E-state index in [0.717, 1.165) is 25.7 Å². The van der Waals surface area contributed by atoms with Crippen molar-refractivity contribution in [1.29, 1.82) is 0 Å². The smallest absolute Gasteiger partial charge is 0.378 e. The molecule has 0 spiro atoms. The molecule has 3 N–H and O–H groups in total. The van der Waals surface area contributed by atoms with Crippen molar-refractivity contribution < 1.29 is 18.3 Å². The minimum Gasteiger partial charge on any atom is -0.378 e. The van der Waals surface area contributed by atoms with Gasteiger partial charge in [-0.3, -0.25) is 4.90 Å². The largest absolute Gasteiger partial charge is 0.419 e. The number of aliphatic hydroxyl groups is 1. The molecule has 94 valence electrons. The van der Waals surface area contributed by atoms with Gasteiger partial charge >= 0.3 is 6.18 Å². The molecule has 1 aliphatic heterocycles. The molecule has 0 atom stereocenters. The van der Waals surface area contributed by atoms with Crippen LogP contribution in [-0.4, -0.2) is 47.0 Å². The Bertz CT molecular complexity index is 255. The van der Waals surface area contributed by atoms with Gasteiger partial charge in [0, 0.05) is 25.2 Å². The van der Waals surface area contributed by atoms with Crippen LogP contribution in [0.25, 0.3) is 0 Å². The van der Waals surface area contributed by atoms with Crippen molar-refractivity contribution in [3.63, 3.8) is 0 Å². The third-order valence-corrected chi connectivity index (χ3v) is 3.71.